The summed E-state index contributed by atoms with van der Waals surface area (Å²) in [6.07, 6.45) is 1.41. The third-order valence-corrected chi connectivity index (χ3v) is 4.40. The minimum Gasteiger partial charge on any atom is -0.461 e. The minimum absolute atomic E-state index is 0.0485. The molecule has 0 spiro atoms. The summed E-state index contributed by atoms with van der Waals surface area (Å²) in [6, 6.07) is 18.0. The lowest BCUT2D eigenvalue weighted by Gasteiger charge is -2.06. The second-order valence-corrected chi connectivity index (χ2v) is 6.21. The summed E-state index contributed by atoms with van der Waals surface area (Å²) in [4.78, 5) is 27.5. The molecule has 0 N–H and O–H groups in total. The molecule has 0 amide bonds. The van der Waals surface area contributed by atoms with Gasteiger partial charge in [0.05, 0.1) is 17.2 Å². The van der Waals surface area contributed by atoms with Gasteiger partial charge in [-0.1, -0.05) is 36.4 Å². The summed E-state index contributed by atoms with van der Waals surface area (Å²) in [6.45, 7) is 1.85. The first-order valence-electron chi connectivity index (χ1n) is 8.94. The highest BCUT2D eigenvalue weighted by Crippen LogP contribution is 2.28. The first-order chi connectivity index (χ1) is 14.1. The van der Waals surface area contributed by atoms with Crippen molar-refractivity contribution in [3.63, 3.8) is 0 Å². The van der Waals surface area contributed by atoms with Crippen LogP contribution in [0, 0.1) is 10.1 Å². The smallest absolute Gasteiger partial charge is 0.357 e. The molecule has 0 atom stereocenters. The zero-order valence-electron chi connectivity index (χ0n) is 15.5. The Labute approximate surface area is 165 Å². The Morgan fingerprint density at radius 3 is 2.66 bits per heavy atom. The van der Waals surface area contributed by atoms with Gasteiger partial charge < -0.3 is 4.74 Å². The van der Waals surface area contributed by atoms with E-state index in [9.17, 15) is 14.9 Å². The van der Waals surface area contributed by atoms with Gasteiger partial charge in [0.25, 0.3) is 0 Å². The van der Waals surface area contributed by atoms with E-state index in [1.165, 1.54) is 23.0 Å². The van der Waals surface area contributed by atoms with Gasteiger partial charge in [0.15, 0.2) is 5.69 Å². The van der Waals surface area contributed by atoms with Gasteiger partial charge in [0.2, 0.25) is 5.82 Å². The number of ether oxygens (including phenoxy) is 1. The molecule has 2 aromatic carbocycles. The Morgan fingerprint density at radius 2 is 1.90 bits per heavy atom. The van der Waals surface area contributed by atoms with E-state index < -0.39 is 10.9 Å². The average molecular weight is 388 g/mol. The second kappa shape index (κ2) is 7.51. The maximum Gasteiger partial charge on any atom is 0.357 e. The summed E-state index contributed by atoms with van der Waals surface area (Å²) < 4.78 is 6.28. The van der Waals surface area contributed by atoms with Crippen LogP contribution in [0.3, 0.4) is 0 Å². The summed E-state index contributed by atoms with van der Waals surface area (Å²) in [7, 11) is 0. The Balaban J connectivity index is 1.90. The van der Waals surface area contributed by atoms with E-state index >= 15 is 0 Å². The fourth-order valence-electron chi connectivity index (χ4n) is 3.08. The van der Waals surface area contributed by atoms with Gasteiger partial charge in [-0.05, 0) is 35.9 Å². The van der Waals surface area contributed by atoms with Crippen molar-refractivity contribution >= 4 is 22.4 Å². The second-order valence-electron chi connectivity index (χ2n) is 6.21. The van der Waals surface area contributed by atoms with Crippen LogP contribution in [0.25, 0.3) is 27.8 Å². The predicted molar refractivity (Wildman–Crippen MR) is 107 cm³/mol. The standard InChI is InChI=1S/C21H16N4O4/c1-2-29-21(26)19-13-17(16-10-9-14-6-3-4-7-15(14)12-16)23-24(19)20-18(25(27)28)8-5-11-22-20/h3-13H,2H2,1H3. The number of hydrogen-bond donors (Lipinski definition) is 0. The van der Waals surface area contributed by atoms with Gasteiger partial charge in [-0.15, -0.1) is 0 Å². The molecule has 0 unspecified atom stereocenters. The van der Waals surface area contributed by atoms with Crippen LogP contribution in [0.15, 0.2) is 66.9 Å². The molecule has 0 fully saturated rings. The quantitative estimate of drug-likeness (QED) is 0.289. The van der Waals surface area contributed by atoms with Crippen LogP contribution in [-0.2, 0) is 4.74 Å². The third-order valence-electron chi connectivity index (χ3n) is 4.40. The molecule has 8 nitrogen and oxygen atoms in total. The van der Waals surface area contributed by atoms with Gasteiger partial charge in [0.1, 0.15) is 0 Å². The maximum absolute atomic E-state index is 12.5. The Bertz CT molecular complexity index is 1230. The van der Waals surface area contributed by atoms with Crippen LogP contribution in [0.1, 0.15) is 17.4 Å². The SMILES string of the molecule is CCOC(=O)c1cc(-c2ccc3ccccc3c2)nn1-c1ncccc1[N+](=O)[O-]. The van der Waals surface area contributed by atoms with E-state index in [0.717, 1.165) is 16.3 Å². The Hall–Kier alpha value is -4.07. The third kappa shape index (κ3) is 3.43. The molecule has 0 saturated carbocycles. The molecule has 0 bridgehead atoms. The first-order valence-corrected chi connectivity index (χ1v) is 8.94. The fraction of sp³-hybridized carbons (Fsp3) is 0.0952. The van der Waals surface area contributed by atoms with Crippen molar-refractivity contribution in [1.82, 2.24) is 14.8 Å². The van der Waals surface area contributed by atoms with Crippen molar-refractivity contribution in [1.29, 1.82) is 0 Å². The van der Waals surface area contributed by atoms with Crippen LogP contribution in [-0.4, -0.2) is 32.3 Å². The zero-order chi connectivity index (χ0) is 20.4. The number of pyridine rings is 1. The van der Waals surface area contributed by atoms with Crippen molar-refractivity contribution < 1.29 is 14.5 Å². The van der Waals surface area contributed by atoms with Gasteiger partial charge in [-0.2, -0.15) is 5.10 Å². The molecule has 8 heteroatoms. The van der Waals surface area contributed by atoms with E-state index in [4.69, 9.17) is 4.74 Å². The molecular weight excluding hydrogens is 372 g/mol. The lowest BCUT2D eigenvalue weighted by Crippen LogP contribution is -2.14. The van der Waals surface area contributed by atoms with Crippen molar-refractivity contribution in [2.75, 3.05) is 6.61 Å². The molecule has 0 aliphatic rings. The summed E-state index contributed by atoms with van der Waals surface area (Å²) >= 11 is 0. The number of carbonyl (C=O) groups excluding carboxylic acids is 1. The Morgan fingerprint density at radius 1 is 1.10 bits per heavy atom. The molecule has 4 rings (SSSR count). The topological polar surface area (TPSA) is 100 Å². The van der Waals surface area contributed by atoms with Crippen molar-refractivity contribution in [3.05, 3.63) is 82.7 Å². The van der Waals surface area contributed by atoms with E-state index in [0.29, 0.717) is 5.69 Å². The predicted octanol–water partition coefficient (Wildman–Crippen LogP) is 4.17. The number of esters is 1. The number of nitrogens with zero attached hydrogens (tertiary/aromatic N) is 4. The maximum atomic E-state index is 12.5. The number of aromatic nitrogens is 3. The number of nitro groups is 1. The van der Waals surface area contributed by atoms with E-state index in [1.54, 1.807) is 13.0 Å². The monoisotopic (exact) mass is 388 g/mol. The normalized spacial score (nSPS) is 10.8. The van der Waals surface area contributed by atoms with Gasteiger partial charge >= 0.3 is 11.7 Å². The van der Waals surface area contributed by atoms with E-state index in [1.807, 2.05) is 42.5 Å². The molecule has 29 heavy (non-hydrogen) atoms. The lowest BCUT2D eigenvalue weighted by molar-refractivity contribution is -0.384. The van der Waals surface area contributed by atoms with Gasteiger partial charge in [-0.3, -0.25) is 10.1 Å². The largest absolute Gasteiger partial charge is 0.461 e. The number of fused-ring (bicyclic) bond motifs is 1. The van der Waals surface area contributed by atoms with Crippen LogP contribution >= 0.6 is 0 Å². The summed E-state index contributed by atoms with van der Waals surface area (Å²) in [5, 5.41) is 18.0. The molecule has 144 valence electrons. The molecule has 0 radical (unpaired) electrons. The molecule has 2 aromatic heterocycles. The van der Waals surface area contributed by atoms with Crippen molar-refractivity contribution in [2.45, 2.75) is 6.92 Å². The van der Waals surface area contributed by atoms with Crippen molar-refractivity contribution in [2.24, 2.45) is 0 Å². The van der Waals surface area contributed by atoms with E-state index in [-0.39, 0.29) is 23.8 Å². The molecular formula is C21H16N4O4. The van der Waals surface area contributed by atoms with Crippen LogP contribution in [0.2, 0.25) is 0 Å². The minimum atomic E-state index is -0.632. The van der Waals surface area contributed by atoms with E-state index in [2.05, 4.69) is 10.1 Å². The number of carbonyl (C=O) groups is 1. The highest BCUT2D eigenvalue weighted by atomic mass is 16.6. The fourth-order valence-corrected chi connectivity index (χ4v) is 3.08. The van der Waals surface area contributed by atoms with Crippen LogP contribution in [0.5, 0.6) is 0 Å². The van der Waals surface area contributed by atoms with Crippen LogP contribution in [0.4, 0.5) is 5.69 Å². The molecule has 0 aliphatic carbocycles. The summed E-state index contributed by atoms with van der Waals surface area (Å²) in [5.74, 6) is -0.681. The number of rotatable bonds is 5. The Kier molecular flexibility index (Phi) is 4.74. The molecule has 2 heterocycles. The average Bonchev–Trinajstić information content (AvgIpc) is 3.19. The number of benzene rings is 2. The molecule has 0 saturated heterocycles. The first kappa shape index (κ1) is 18.3. The number of hydrogen-bond acceptors (Lipinski definition) is 6. The molecule has 4 aromatic rings. The zero-order valence-corrected chi connectivity index (χ0v) is 15.5. The van der Waals surface area contributed by atoms with Gasteiger partial charge in [-0.25, -0.2) is 14.5 Å². The van der Waals surface area contributed by atoms with Crippen molar-refractivity contribution in [3.8, 4) is 17.1 Å². The van der Waals surface area contributed by atoms with Gasteiger partial charge in [0, 0.05) is 17.8 Å². The van der Waals surface area contributed by atoms with Crippen LogP contribution < -0.4 is 0 Å². The molecule has 0 aliphatic heterocycles. The highest BCUT2D eigenvalue weighted by Gasteiger charge is 2.25. The highest BCUT2D eigenvalue weighted by molar-refractivity contribution is 5.91. The summed E-state index contributed by atoms with van der Waals surface area (Å²) in [5.41, 5.74) is 1.06. The lowest BCUT2D eigenvalue weighted by atomic mass is 10.1.